The fraction of sp³-hybridized carbons (Fsp3) is 0.0870. The molecule has 0 aliphatic heterocycles. The maximum atomic E-state index is 12.6. The highest BCUT2D eigenvalue weighted by Gasteiger charge is 2.08. The van der Waals surface area contributed by atoms with E-state index in [1.54, 1.807) is 87.0 Å². The molecule has 0 radical (unpaired) electrons. The fourth-order valence-electron chi connectivity index (χ4n) is 2.73. The van der Waals surface area contributed by atoms with Crippen molar-refractivity contribution in [1.29, 1.82) is 0 Å². The Bertz CT molecular complexity index is 1110. The number of carbonyl (C=O) groups excluding carboxylic acids is 1. The van der Waals surface area contributed by atoms with Gasteiger partial charge in [-0.05, 0) is 48.0 Å². The van der Waals surface area contributed by atoms with Crippen LogP contribution in [0.25, 0.3) is 6.08 Å². The second kappa shape index (κ2) is 10.3. The third kappa shape index (κ3) is 5.86. The van der Waals surface area contributed by atoms with Crippen molar-refractivity contribution in [3.8, 4) is 11.5 Å². The SMILES string of the molecule is COc1ccc(NS(=O)c2ccc(/C=C/C(=O)Nc3ccccc3N)cc2)cc1OC. The molecule has 7 nitrogen and oxygen atoms in total. The Labute approximate surface area is 183 Å². The Hall–Kier alpha value is -3.78. The van der Waals surface area contributed by atoms with E-state index in [0.29, 0.717) is 33.5 Å². The molecule has 1 atom stereocenters. The molecule has 3 aromatic rings. The van der Waals surface area contributed by atoms with Gasteiger partial charge in [0.1, 0.15) is 11.0 Å². The van der Waals surface area contributed by atoms with Crippen molar-refractivity contribution in [2.24, 2.45) is 0 Å². The molecule has 0 aliphatic carbocycles. The fourth-order valence-corrected chi connectivity index (χ4v) is 3.57. The molecule has 4 N–H and O–H groups in total. The highest BCUT2D eigenvalue weighted by atomic mass is 32.2. The van der Waals surface area contributed by atoms with Crippen LogP contribution < -0.4 is 25.2 Å². The standard InChI is InChI=1S/C23H23N3O4S/c1-29-21-13-10-17(15-22(21)30-2)26-31(28)18-11-7-16(8-12-18)9-14-23(27)25-20-6-4-3-5-19(20)24/h3-15,26H,24H2,1-2H3,(H,25,27)/b14-9+. The first kappa shape index (κ1) is 21.9. The summed E-state index contributed by atoms with van der Waals surface area (Å²) in [6.07, 6.45) is 3.09. The lowest BCUT2D eigenvalue weighted by atomic mass is 10.2. The van der Waals surface area contributed by atoms with E-state index < -0.39 is 11.0 Å². The van der Waals surface area contributed by atoms with Crippen LogP contribution in [0, 0.1) is 0 Å². The van der Waals surface area contributed by atoms with Crippen molar-refractivity contribution in [3.05, 3.63) is 78.4 Å². The van der Waals surface area contributed by atoms with Crippen LogP contribution >= 0.6 is 0 Å². The predicted molar refractivity (Wildman–Crippen MR) is 125 cm³/mol. The van der Waals surface area contributed by atoms with Gasteiger partial charge in [0.15, 0.2) is 11.5 Å². The Morgan fingerprint density at radius 2 is 1.68 bits per heavy atom. The van der Waals surface area contributed by atoms with Crippen molar-refractivity contribution in [3.63, 3.8) is 0 Å². The summed E-state index contributed by atoms with van der Waals surface area (Å²) in [6.45, 7) is 0. The summed E-state index contributed by atoms with van der Waals surface area (Å²) in [5.41, 5.74) is 8.31. The quantitative estimate of drug-likeness (QED) is 0.364. The van der Waals surface area contributed by atoms with Crippen molar-refractivity contribution < 1.29 is 18.5 Å². The monoisotopic (exact) mass is 437 g/mol. The smallest absolute Gasteiger partial charge is 0.248 e. The van der Waals surface area contributed by atoms with E-state index in [1.807, 2.05) is 0 Å². The number of nitrogens with two attached hydrogens (primary N) is 1. The Morgan fingerprint density at radius 1 is 0.968 bits per heavy atom. The zero-order chi connectivity index (χ0) is 22.2. The molecule has 0 saturated heterocycles. The Kier molecular flexibility index (Phi) is 7.29. The summed E-state index contributed by atoms with van der Waals surface area (Å²) >= 11 is 0. The lowest BCUT2D eigenvalue weighted by molar-refractivity contribution is -0.111. The molecule has 3 aromatic carbocycles. The van der Waals surface area contributed by atoms with Gasteiger partial charge < -0.3 is 25.2 Å². The highest BCUT2D eigenvalue weighted by Crippen LogP contribution is 2.30. The van der Waals surface area contributed by atoms with Gasteiger partial charge in [-0.1, -0.05) is 24.3 Å². The van der Waals surface area contributed by atoms with Crippen molar-refractivity contribution in [1.82, 2.24) is 0 Å². The van der Waals surface area contributed by atoms with Crippen LogP contribution in [0.2, 0.25) is 0 Å². The molecule has 0 saturated carbocycles. The number of hydrogen-bond acceptors (Lipinski definition) is 5. The summed E-state index contributed by atoms with van der Waals surface area (Å²) in [5.74, 6) is 0.843. The molecule has 8 heteroatoms. The lowest BCUT2D eigenvalue weighted by Gasteiger charge is -2.11. The largest absolute Gasteiger partial charge is 0.493 e. The van der Waals surface area contributed by atoms with Gasteiger partial charge in [0.05, 0.1) is 36.2 Å². The molecule has 3 rings (SSSR count). The van der Waals surface area contributed by atoms with Gasteiger partial charge in [0.2, 0.25) is 5.91 Å². The molecular weight excluding hydrogens is 414 g/mol. The van der Waals surface area contributed by atoms with Crippen LogP contribution in [0.4, 0.5) is 17.1 Å². The van der Waals surface area contributed by atoms with Crippen molar-refractivity contribution in [2.75, 3.05) is 30.0 Å². The van der Waals surface area contributed by atoms with Gasteiger partial charge in [-0.15, -0.1) is 0 Å². The van der Waals surface area contributed by atoms with Crippen molar-refractivity contribution >= 4 is 40.0 Å². The predicted octanol–water partition coefficient (Wildman–Crippen LogP) is 4.07. The number of para-hydroxylation sites is 2. The molecule has 160 valence electrons. The number of ether oxygens (including phenoxy) is 2. The summed E-state index contributed by atoms with van der Waals surface area (Å²) in [6, 6.07) is 19.3. The number of rotatable bonds is 8. The lowest BCUT2D eigenvalue weighted by Crippen LogP contribution is -2.09. The van der Waals surface area contributed by atoms with Crippen LogP contribution in [-0.4, -0.2) is 24.3 Å². The maximum Gasteiger partial charge on any atom is 0.248 e. The van der Waals surface area contributed by atoms with Crippen LogP contribution in [0.5, 0.6) is 11.5 Å². The summed E-state index contributed by atoms with van der Waals surface area (Å²) in [7, 11) is 1.63. The van der Waals surface area contributed by atoms with Gasteiger partial charge in [-0.3, -0.25) is 4.79 Å². The minimum Gasteiger partial charge on any atom is -0.493 e. The third-order valence-electron chi connectivity index (χ3n) is 4.33. The maximum absolute atomic E-state index is 12.6. The number of methoxy groups -OCH3 is 2. The Morgan fingerprint density at radius 3 is 2.35 bits per heavy atom. The first-order valence-electron chi connectivity index (χ1n) is 9.34. The number of anilines is 3. The summed E-state index contributed by atoms with van der Waals surface area (Å²) < 4.78 is 26.0. The van der Waals surface area contributed by atoms with E-state index in [-0.39, 0.29) is 5.91 Å². The molecule has 0 heterocycles. The number of hydrogen-bond donors (Lipinski definition) is 3. The second-order valence-corrected chi connectivity index (χ2v) is 7.63. The third-order valence-corrected chi connectivity index (χ3v) is 5.46. The van der Waals surface area contributed by atoms with E-state index in [1.165, 1.54) is 6.08 Å². The molecule has 0 aliphatic rings. The minimum atomic E-state index is -1.47. The first-order chi connectivity index (χ1) is 15.0. The van der Waals surface area contributed by atoms with Crippen LogP contribution in [0.1, 0.15) is 5.56 Å². The van der Waals surface area contributed by atoms with E-state index in [2.05, 4.69) is 10.0 Å². The molecule has 31 heavy (non-hydrogen) atoms. The van der Waals surface area contributed by atoms with Crippen LogP contribution in [-0.2, 0) is 15.8 Å². The number of benzene rings is 3. The van der Waals surface area contributed by atoms with Gasteiger partial charge in [0, 0.05) is 12.1 Å². The van der Waals surface area contributed by atoms with Crippen LogP contribution in [0.15, 0.2) is 77.7 Å². The number of nitrogen functional groups attached to an aromatic ring is 1. The second-order valence-electron chi connectivity index (χ2n) is 6.42. The molecule has 1 unspecified atom stereocenters. The first-order valence-corrected chi connectivity index (χ1v) is 10.5. The number of amides is 1. The normalized spacial score (nSPS) is 11.7. The van der Waals surface area contributed by atoms with Gasteiger partial charge in [-0.2, -0.15) is 0 Å². The average molecular weight is 438 g/mol. The highest BCUT2D eigenvalue weighted by molar-refractivity contribution is 7.86. The number of carbonyl (C=O) groups is 1. The topological polar surface area (TPSA) is 103 Å². The zero-order valence-corrected chi connectivity index (χ0v) is 17.9. The zero-order valence-electron chi connectivity index (χ0n) is 17.1. The number of nitrogens with one attached hydrogen (secondary N) is 2. The van der Waals surface area contributed by atoms with Gasteiger partial charge >= 0.3 is 0 Å². The summed E-state index contributed by atoms with van der Waals surface area (Å²) in [5, 5.41) is 2.73. The molecule has 0 fully saturated rings. The minimum absolute atomic E-state index is 0.291. The molecular formula is C23H23N3O4S. The van der Waals surface area contributed by atoms with E-state index in [9.17, 15) is 9.00 Å². The van der Waals surface area contributed by atoms with E-state index >= 15 is 0 Å². The van der Waals surface area contributed by atoms with E-state index in [0.717, 1.165) is 5.56 Å². The van der Waals surface area contributed by atoms with E-state index in [4.69, 9.17) is 15.2 Å². The molecule has 1 amide bonds. The summed E-state index contributed by atoms with van der Waals surface area (Å²) in [4.78, 5) is 12.7. The average Bonchev–Trinajstić information content (AvgIpc) is 2.79. The van der Waals surface area contributed by atoms with Gasteiger partial charge in [-0.25, -0.2) is 4.21 Å². The Balaban J connectivity index is 1.61. The van der Waals surface area contributed by atoms with Gasteiger partial charge in [0.25, 0.3) is 0 Å². The van der Waals surface area contributed by atoms with Crippen LogP contribution in [0.3, 0.4) is 0 Å². The van der Waals surface area contributed by atoms with Crippen molar-refractivity contribution in [2.45, 2.75) is 4.90 Å². The molecule has 0 aromatic heterocycles. The molecule has 0 bridgehead atoms. The molecule has 0 spiro atoms.